The summed E-state index contributed by atoms with van der Waals surface area (Å²) in [5, 5.41) is 0. The Kier molecular flexibility index (Phi) is 5.41. The van der Waals surface area contributed by atoms with Crippen molar-refractivity contribution in [2.75, 3.05) is 13.1 Å². The Bertz CT molecular complexity index is 564. The van der Waals surface area contributed by atoms with E-state index in [1.165, 1.54) is 0 Å². The van der Waals surface area contributed by atoms with Crippen LogP contribution in [-0.4, -0.2) is 29.9 Å². The summed E-state index contributed by atoms with van der Waals surface area (Å²) in [4.78, 5) is 14.9. The third-order valence-electron chi connectivity index (χ3n) is 3.73. The number of carbonyl (C=O) groups is 1. The van der Waals surface area contributed by atoms with Gasteiger partial charge in [0.05, 0.1) is 12.1 Å². The number of unbranched alkanes of at least 4 members (excludes halogenated alkanes) is 1. The van der Waals surface area contributed by atoms with Crippen LogP contribution in [0.15, 0.2) is 18.2 Å². The molecule has 0 aromatic heterocycles. The molecule has 1 aliphatic carbocycles. The molecule has 0 bridgehead atoms. The van der Waals surface area contributed by atoms with E-state index in [1.54, 1.807) is 0 Å². The van der Waals surface area contributed by atoms with Crippen LogP contribution in [0.25, 0.3) is 0 Å². The molecule has 1 fully saturated rings. The Morgan fingerprint density at radius 2 is 2.19 bits per heavy atom. The second-order valence-electron chi connectivity index (χ2n) is 5.64. The summed E-state index contributed by atoms with van der Waals surface area (Å²) in [5.74, 6) is 6.02. The second kappa shape index (κ2) is 7.28. The fraction of sp³-hybridized carbons (Fsp3) is 0.500. The number of aryl methyl sites for hydroxylation is 1. The highest BCUT2D eigenvalue weighted by Gasteiger charge is 2.33. The molecule has 112 valence electrons. The lowest BCUT2D eigenvalue weighted by molar-refractivity contribution is 0.0740. The minimum atomic E-state index is 0.118. The maximum atomic E-state index is 12.9. The van der Waals surface area contributed by atoms with Gasteiger partial charge in [-0.1, -0.05) is 31.3 Å². The summed E-state index contributed by atoms with van der Waals surface area (Å²) in [6.07, 6.45) is 4.42. The van der Waals surface area contributed by atoms with Crippen molar-refractivity contribution in [3.63, 3.8) is 0 Å². The summed E-state index contributed by atoms with van der Waals surface area (Å²) in [7, 11) is 0. The molecule has 1 saturated carbocycles. The number of hydrogen-bond acceptors (Lipinski definition) is 2. The quantitative estimate of drug-likeness (QED) is 0.845. The van der Waals surface area contributed by atoms with Gasteiger partial charge in [0, 0.05) is 18.2 Å². The average molecular weight is 284 g/mol. The third-order valence-corrected chi connectivity index (χ3v) is 3.73. The van der Waals surface area contributed by atoms with E-state index in [-0.39, 0.29) is 5.91 Å². The van der Waals surface area contributed by atoms with Crippen LogP contribution in [0.1, 0.15) is 54.1 Å². The first kappa shape index (κ1) is 15.6. The summed E-state index contributed by atoms with van der Waals surface area (Å²) in [6, 6.07) is 6.28. The first-order chi connectivity index (χ1) is 10.2. The largest absolute Gasteiger partial charge is 0.336 e. The van der Waals surface area contributed by atoms with Crippen molar-refractivity contribution >= 4 is 5.91 Å². The topological polar surface area (TPSA) is 46.3 Å². The molecule has 0 unspecified atom stereocenters. The van der Waals surface area contributed by atoms with Crippen molar-refractivity contribution in [1.82, 2.24) is 4.90 Å². The molecule has 2 rings (SSSR count). The number of carbonyl (C=O) groups excluding carboxylic acids is 1. The highest BCUT2D eigenvalue weighted by molar-refractivity contribution is 5.97. The minimum absolute atomic E-state index is 0.118. The van der Waals surface area contributed by atoms with Crippen molar-refractivity contribution < 1.29 is 4.79 Å². The molecular weight excluding hydrogens is 260 g/mol. The average Bonchev–Trinajstić information content (AvgIpc) is 3.30. The Morgan fingerprint density at radius 3 is 2.81 bits per heavy atom. The first-order valence-corrected chi connectivity index (χ1v) is 7.78. The number of amides is 1. The Morgan fingerprint density at radius 1 is 1.43 bits per heavy atom. The summed E-state index contributed by atoms with van der Waals surface area (Å²) in [5.41, 5.74) is 8.08. The fourth-order valence-electron chi connectivity index (χ4n) is 2.41. The number of nitrogens with two attached hydrogens (primary N) is 1. The van der Waals surface area contributed by atoms with Gasteiger partial charge in [-0.25, -0.2) is 0 Å². The lowest BCUT2D eigenvalue weighted by Gasteiger charge is -2.23. The van der Waals surface area contributed by atoms with Gasteiger partial charge in [0.2, 0.25) is 0 Å². The molecule has 0 atom stereocenters. The van der Waals surface area contributed by atoms with Gasteiger partial charge < -0.3 is 10.6 Å². The van der Waals surface area contributed by atoms with E-state index < -0.39 is 0 Å². The van der Waals surface area contributed by atoms with Gasteiger partial charge in [0.25, 0.3) is 5.91 Å². The van der Waals surface area contributed by atoms with E-state index in [2.05, 4.69) is 18.8 Å². The smallest absolute Gasteiger partial charge is 0.255 e. The van der Waals surface area contributed by atoms with Crippen molar-refractivity contribution in [3.05, 3.63) is 34.9 Å². The third kappa shape index (κ3) is 4.09. The molecule has 0 saturated heterocycles. The fourth-order valence-corrected chi connectivity index (χ4v) is 2.41. The van der Waals surface area contributed by atoms with Crippen molar-refractivity contribution in [1.29, 1.82) is 0 Å². The van der Waals surface area contributed by atoms with Crippen molar-refractivity contribution in [2.45, 2.75) is 45.6 Å². The molecule has 0 radical (unpaired) electrons. The van der Waals surface area contributed by atoms with Gasteiger partial charge in [-0.3, -0.25) is 4.79 Å². The molecule has 0 heterocycles. The van der Waals surface area contributed by atoms with E-state index in [9.17, 15) is 4.79 Å². The molecule has 1 aromatic rings. The molecule has 1 amide bonds. The molecule has 1 aromatic carbocycles. The summed E-state index contributed by atoms with van der Waals surface area (Å²) in [6.45, 7) is 5.32. The Labute approximate surface area is 127 Å². The highest BCUT2D eigenvalue weighted by Crippen LogP contribution is 2.29. The zero-order valence-electron chi connectivity index (χ0n) is 13.0. The molecule has 3 nitrogen and oxygen atoms in total. The van der Waals surface area contributed by atoms with Crippen LogP contribution in [0.4, 0.5) is 0 Å². The Balaban J connectivity index is 2.28. The first-order valence-electron chi connectivity index (χ1n) is 7.78. The van der Waals surface area contributed by atoms with Crippen LogP contribution in [0, 0.1) is 18.8 Å². The van der Waals surface area contributed by atoms with Gasteiger partial charge in [-0.2, -0.15) is 0 Å². The predicted molar refractivity (Wildman–Crippen MR) is 86.1 cm³/mol. The normalized spacial score (nSPS) is 13.5. The van der Waals surface area contributed by atoms with Crippen molar-refractivity contribution in [2.24, 2.45) is 5.73 Å². The molecule has 0 spiro atoms. The number of benzene rings is 1. The van der Waals surface area contributed by atoms with Crippen LogP contribution >= 0.6 is 0 Å². The maximum absolute atomic E-state index is 12.9. The minimum Gasteiger partial charge on any atom is -0.336 e. The molecule has 0 aliphatic heterocycles. The lowest BCUT2D eigenvalue weighted by Crippen LogP contribution is -2.34. The lowest BCUT2D eigenvalue weighted by atomic mass is 10.0. The van der Waals surface area contributed by atoms with E-state index in [1.807, 2.05) is 30.0 Å². The summed E-state index contributed by atoms with van der Waals surface area (Å²) >= 11 is 0. The van der Waals surface area contributed by atoms with Gasteiger partial charge in [0.15, 0.2) is 0 Å². The monoisotopic (exact) mass is 284 g/mol. The number of rotatable bonds is 5. The number of nitrogens with zero attached hydrogens (tertiary/aromatic N) is 1. The van der Waals surface area contributed by atoms with Crippen LogP contribution in [-0.2, 0) is 0 Å². The SMILES string of the molecule is CCCCN(C(=O)c1ccc(C)cc1C#CCN)C1CC1. The van der Waals surface area contributed by atoms with Gasteiger partial charge in [-0.05, 0) is 43.9 Å². The highest BCUT2D eigenvalue weighted by atomic mass is 16.2. The van der Waals surface area contributed by atoms with Crippen molar-refractivity contribution in [3.8, 4) is 11.8 Å². The van der Waals surface area contributed by atoms with Crippen LogP contribution in [0.2, 0.25) is 0 Å². The van der Waals surface area contributed by atoms with E-state index >= 15 is 0 Å². The van der Waals surface area contributed by atoms with E-state index in [0.29, 0.717) is 18.2 Å². The van der Waals surface area contributed by atoms with Crippen LogP contribution in [0.3, 0.4) is 0 Å². The van der Waals surface area contributed by atoms with E-state index in [0.717, 1.165) is 43.4 Å². The van der Waals surface area contributed by atoms with E-state index in [4.69, 9.17) is 5.73 Å². The molecule has 21 heavy (non-hydrogen) atoms. The van der Waals surface area contributed by atoms with Crippen LogP contribution < -0.4 is 5.73 Å². The number of hydrogen-bond donors (Lipinski definition) is 1. The maximum Gasteiger partial charge on any atom is 0.255 e. The standard InChI is InChI=1S/C18H24N2O/c1-3-4-12-20(16-8-9-16)18(21)17-10-7-14(2)13-15(17)6-5-11-19/h7,10,13,16H,3-4,8-9,11-12,19H2,1-2H3. The molecule has 3 heteroatoms. The zero-order chi connectivity index (χ0) is 15.2. The summed E-state index contributed by atoms with van der Waals surface area (Å²) < 4.78 is 0. The molecule has 2 N–H and O–H groups in total. The zero-order valence-corrected chi connectivity index (χ0v) is 13.0. The Hall–Kier alpha value is -1.79. The van der Waals surface area contributed by atoms with Gasteiger partial charge in [0.1, 0.15) is 0 Å². The van der Waals surface area contributed by atoms with Gasteiger partial charge in [-0.15, -0.1) is 0 Å². The second-order valence-corrected chi connectivity index (χ2v) is 5.64. The van der Waals surface area contributed by atoms with Gasteiger partial charge >= 0.3 is 0 Å². The molecular formula is C18H24N2O. The molecule has 1 aliphatic rings. The van der Waals surface area contributed by atoms with Crippen LogP contribution in [0.5, 0.6) is 0 Å². The predicted octanol–water partition coefficient (Wildman–Crippen LogP) is 2.71.